The van der Waals surface area contributed by atoms with Crippen molar-refractivity contribution >= 4 is 21.7 Å². The summed E-state index contributed by atoms with van der Waals surface area (Å²) in [4.78, 5) is 4.13. The molecule has 2 aromatic heterocycles. The first-order valence-electron chi connectivity index (χ1n) is 4.08. The van der Waals surface area contributed by atoms with Crippen LogP contribution in [0.3, 0.4) is 0 Å². The van der Waals surface area contributed by atoms with Crippen molar-refractivity contribution in [1.29, 1.82) is 5.26 Å². The summed E-state index contributed by atoms with van der Waals surface area (Å²) in [7, 11) is 0. The maximum atomic E-state index is 8.71. The van der Waals surface area contributed by atoms with Gasteiger partial charge in [-0.05, 0) is 28.1 Å². The van der Waals surface area contributed by atoms with Crippen LogP contribution in [0.1, 0.15) is 5.56 Å². The van der Waals surface area contributed by atoms with Gasteiger partial charge >= 0.3 is 0 Å². The third-order valence-corrected chi connectivity index (χ3v) is 2.28. The number of halogens is 1. The highest BCUT2D eigenvalue weighted by atomic mass is 79.9. The molecule has 6 heteroatoms. The third-order valence-electron chi connectivity index (χ3n) is 1.81. The first-order chi connectivity index (χ1) is 7.20. The molecule has 0 saturated heterocycles. The molecule has 0 aromatic carbocycles. The fourth-order valence-electron chi connectivity index (χ4n) is 1.09. The zero-order chi connectivity index (χ0) is 10.8. The Hall–Kier alpha value is -1.87. The summed E-state index contributed by atoms with van der Waals surface area (Å²) in [5.74, 6) is 0.827. The summed E-state index contributed by atoms with van der Waals surface area (Å²) in [5, 5.41) is 12.7. The highest BCUT2D eigenvalue weighted by Crippen LogP contribution is 2.13. The van der Waals surface area contributed by atoms with Crippen LogP contribution < -0.4 is 5.73 Å². The van der Waals surface area contributed by atoms with Gasteiger partial charge in [0, 0.05) is 10.7 Å². The first kappa shape index (κ1) is 9.68. The predicted octanol–water partition coefficient (Wildman–Crippen LogP) is 1.48. The van der Waals surface area contributed by atoms with Crippen LogP contribution in [0.25, 0.3) is 5.82 Å². The number of hydrogen-bond donors (Lipinski definition) is 1. The normalized spacial score (nSPS) is 9.87. The summed E-state index contributed by atoms with van der Waals surface area (Å²) in [6, 6.07) is 5.57. The predicted molar refractivity (Wildman–Crippen MR) is 58.2 cm³/mol. The fourth-order valence-corrected chi connectivity index (χ4v) is 1.33. The van der Waals surface area contributed by atoms with Gasteiger partial charge < -0.3 is 5.73 Å². The molecule has 0 bridgehead atoms. The fraction of sp³-hybridized carbons (Fsp3) is 0. The van der Waals surface area contributed by atoms with Gasteiger partial charge in [0.25, 0.3) is 0 Å². The molecule has 5 nitrogen and oxygen atoms in total. The third kappa shape index (κ3) is 1.82. The van der Waals surface area contributed by atoms with E-state index in [4.69, 9.17) is 11.0 Å². The van der Waals surface area contributed by atoms with E-state index in [1.165, 1.54) is 4.68 Å². The lowest BCUT2D eigenvalue weighted by atomic mass is 10.4. The molecule has 0 spiro atoms. The molecule has 0 radical (unpaired) electrons. The Bertz CT molecular complexity index is 522. The number of nitriles is 1. The van der Waals surface area contributed by atoms with E-state index in [0.717, 1.165) is 4.47 Å². The van der Waals surface area contributed by atoms with Crippen molar-refractivity contribution in [3.8, 4) is 11.9 Å². The van der Waals surface area contributed by atoms with Crippen LogP contribution in [0.2, 0.25) is 0 Å². The number of anilines is 1. The maximum absolute atomic E-state index is 8.71. The van der Waals surface area contributed by atoms with Gasteiger partial charge in [-0.25, -0.2) is 9.67 Å². The highest BCUT2D eigenvalue weighted by Gasteiger charge is 2.06. The molecule has 2 aromatic rings. The smallest absolute Gasteiger partial charge is 0.163 e. The Kier molecular flexibility index (Phi) is 2.39. The van der Waals surface area contributed by atoms with E-state index < -0.39 is 0 Å². The standard InChI is InChI=1S/C9H6BrN5/c10-7-1-2-8(13-4-7)15-5-6(3-11)9(12)14-15/h1-2,4-5H,(H2,12,14). The lowest BCUT2D eigenvalue weighted by Crippen LogP contribution is -1.98. The molecule has 0 saturated carbocycles. The van der Waals surface area contributed by atoms with Gasteiger partial charge in [-0.15, -0.1) is 5.10 Å². The largest absolute Gasteiger partial charge is 0.381 e. The average molecular weight is 264 g/mol. The van der Waals surface area contributed by atoms with Crippen LogP contribution in [0.4, 0.5) is 5.82 Å². The number of hydrogen-bond acceptors (Lipinski definition) is 4. The summed E-state index contributed by atoms with van der Waals surface area (Å²) in [6.45, 7) is 0. The molecule has 2 N–H and O–H groups in total. The Morgan fingerprint density at radius 2 is 2.27 bits per heavy atom. The van der Waals surface area contributed by atoms with Crippen LogP contribution in [-0.2, 0) is 0 Å². The van der Waals surface area contributed by atoms with Gasteiger partial charge in [0.1, 0.15) is 11.6 Å². The lowest BCUT2D eigenvalue weighted by molar-refractivity contribution is 0.850. The van der Waals surface area contributed by atoms with Crippen LogP contribution >= 0.6 is 15.9 Å². The van der Waals surface area contributed by atoms with Crippen LogP contribution in [0.15, 0.2) is 29.0 Å². The Labute approximate surface area is 94.3 Å². The van der Waals surface area contributed by atoms with Crippen molar-refractivity contribution in [2.24, 2.45) is 0 Å². The van der Waals surface area contributed by atoms with Crippen molar-refractivity contribution in [2.45, 2.75) is 0 Å². The van der Waals surface area contributed by atoms with Crippen LogP contribution in [-0.4, -0.2) is 14.8 Å². The summed E-state index contributed by atoms with van der Waals surface area (Å²) < 4.78 is 2.35. The van der Waals surface area contributed by atoms with Gasteiger partial charge in [0.05, 0.1) is 6.20 Å². The van der Waals surface area contributed by atoms with Crippen LogP contribution in [0.5, 0.6) is 0 Å². The van der Waals surface area contributed by atoms with E-state index in [1.54, 1.807) is 18.5 Å². The second kappa shape index (κ2) is 3.71. The molecular formula is C9H6BrN5. The molecular weight excluding hydrogens is 258 g/mol. The molecule has 0 aliphatic carbocycles. The second-order valence-electron chi connectivity index (χ2n) is 2.82. The minimum atomic E-state index is 0.210. The number of nitrogens with two attached hydrogens (primary N) is 1. The van der Waals surface area contributed by atoms with Gasteiger partial charge in [0.15, 0.2) is 11.6 Å². The highest BCUT2D eigenvalue weighted by molar-refractivity contribution is 9.10. The first-order valence-corrected chi connectivity index (χ1v) is 4.87. The minimum absolute atomic E-state index is 0.210. The zero-order valence-electron chi connectivity index (χ0n) is 7.55. The van der Waals surface area contributed by atoms with Gasteiger partial charge in [-0.3, -0.25) is 0 Å². The number of nitrogen functional groups attached to an aromatic ring is 1. The molecule has 0 unspecified atom stereocenters. The number of nitrogens with zero attached hydrogens (tertiary/aromatic N) is 4. The van der Waals surface area contributed by atoms with E-state index in [-0.39, 0.29) is 5.82 Å². The lowest BCUT2D eigenvalue weighted by Gasteiger charge is -1.98. The minimum Gasteiger partial charge on any atom is -0.381 e. The maximum Gasteiger partial charge on any atom is 0.163 e. The molecule has 2 heterocycles. The number of pyridine rings is 1. The summed E-state index contributed by atoms with van der Waals surface area (Å²) >= 11 is 3.28. The van der Waals surface area contributed by atoms with E-state index in [9.17, 15) is 0 Å². The van der Waals surface area contributed by atoms with E-state index in [2.05, 4.69) is 26.0 Å². The summed E-state index contributed by atoms with van der Waals surface area (Å²) in [6.07, 6.45) is 3.20. The van der Waals surface area contributed by atoms with Crippen molar-refractivity contribution in [3.63, 3.8) is 0 Å². The molecule has 74 valence electrons. The van der Waals surface area contributed by atoms with Crippen molar-refractivity contribution < 1.29 is 0 Å². The molecule has 0 aliphatic heterocycles. The Balaban J connectivity index is 2.46. The van der Waals surface area contributed by atoms with Crippen molar-refractivity contribution in [2.75, 3.05) is 5.73 Å². The van der Waals surface area contributed by atoms with E-state index in [1.807, 2.05) is 12.1 Å². The van der Waals surface area contributed by atoms with Crippen molar-refractivity contribution in [1.82, 2.24) is 14.8 Å². The molecule has 0 atom stereocenters. The van der Waals surface area contributed by atoms with E-state index >= 15 is 0 Å². The number of aromatic nitrogens is 3. The monoisotopic (exact) mass is 263 g/mol. The van der Waals surface area contributed by atoms with Gasteiger partial charge in [-0.1, -0.05) is 0 Å². The molecule has 0 amide bonds. The zero-order valence-corrected chi connectivity index (χ0v) is 9.14. The van der Waals surface area contributed by atoms with Gasteiger partial charge in [0.2, 0.25) is 0 Å². The topological polar surface area (TPSA) is 80.5 Å². The van der Waals surface area contributed by atoms with E-state index in [0.29, 0.717) is 11.4 Å². The quantitative estimate of drug-likeness (QED) is 0.845. The number of rotatable bonds is 1. The molecule has 0 aliphatic rings. The average Bonchev–Trinajstić information content (AvgIpc) is 2.61. The SMILES string of the molecule is N#Cc1cn(-c2ccc(Br)cn2)nc1N. The van der Waals surface area contributed by atoms with Gasteiger partial charge in [-0.2, -0.15) is 5.26 Å². The Morgan fingerprint density at radius 3 is 2.80 bits per heavy atom. The van der Waals surface area contributed by atoms with Crippen LogP contribution in [0, 0.1) is 11.3 Å². The second-order valence-corrected chi connectivity index (χ2v) is 3.73. The molecule has 15 heavy (non-hydrogen) atoms. The van der Waals surface area contributed by atoms with Crippen molar-refractivity contribution in [3.05, 3.63) is 34.6 Å². The molecule has 2 rings (SSSR count). The summed E-state index contributed by atoms with van der Waals surface area (Å²) in [5.41, 5.74) is 5.87. The molecule has 0 fully saturated rings. The Morgan fingerprint density at radius 1 is 1.47 bits per heavy atom.